The molecule has 8 heteroatoms. The van der Waals surface area contributed by atoms with Crippen molar-refractivity contribution in [3.05, 3.63) is 0 Å². The minimum atomic E-state index is 1.27. The van der Waals surface area contributed by atoms with Crippen LogP contribution in [-0.4, -0.2) is 46.0 Å². The first-order chi connectivity index (χ1) is 56.6. The van der Waals surface area contributed by atoms with E-state index < -0.39 is 0 Å². The summed E-state index contributed by atoms with van der Waals surface area (Å²) in [6, 6.07) is 0. The molecule has 0 fully saturated rings. The summed E-state index contributed by atoms with van der Waals surface area (Å²) in [5.41, 5.74) is 0. The fourth-order valence-electron chi connectivity index (χ4n) is 16.7. The molecule has 0 amide bonds. The van der Waals surface area contributed by atoms with Gasteiger partial charge in [-0.3, -0.25) is 0 Å². The third kappa shape index (κ3) is 64.3. The standard InChI is InChI=1S/C106H200S8/c1-9-17-25-33-41-49-57-65-73-81-89-107-99-97-98(101(109-91-83-75-67-59-51-43-35-27-19-11-3)104(112-94-86-78-70-62-54-46-38-30-22-14-6)103(99)111-93-85-77-69-61-53-45-37-29-21-13-5)102(110-92-84-76-68-60-52-44-36-28-20-12-4)106(114-96-88-80-72-64-56-48-40-32-24-16-8)105(113-95-87-79-71-63-55-47-39-31-23-15-7)100(97)108-90-82-74-66-58-50-42-34-26-18-10-2/h9-96H2,1-8H3. The lowest BCUT2D eigenvalue weighted by Crippen LogP contribution is -2.03. The topological polar surface area (TPSA) is 0 Å². The third-order valence-electron chi connectivity index (χ3n) is 24.3. The molecular weight excluding hydrogens is 1530 g/mol. The van der Waals surface area contributed by atoms with Crippen molar-refractivity contribution in [2.24, 2.45) is 0 Å². The normalized spacial score (nSPS) is 11.9. The number of hydrogen-bond acceptors (Lipinski definition) is 8. The molecule has 0 N–H and O–H groups in total. The maximum Gasteiger partial charge on any atom is 0.0362 e. The Morgan fingerprint density at radius 1 is 0.0965 bits per heavy atom. The van der Waals surface area contributed by atoms with Crippen LogP contribution in [0.25, 0.3) is 10.8 Å². The summed E-state index contributed by atoms with van der Waals surface area (Å²) >= 11 is 19.2. The SMILES string of the molecule is CCCCCCCCCCCCSc1c(SCCCCCCCCCCCC)c(SCCCCCCCCCCCC)c2c(SCCCCCCCCCCCC)c(SCCCCCCCCCCCC)c(SCCCCCCCCCCCC)c(SCCCCCCCCCCCC)c2c1SCCCCCCCCCCCC. The Hall–Kier alpha value is 1.50. The zero-order valence-corrected chi connectivity index (χ0v) is 85.0. The average molecular weight is 1730 g/mol. The summed E-state index contributed by atoms with van der Waals surface area (Å²) in [4.78, 5) is 14.1. The van der Waals surface area contributed by atoms with Gasteiger partial charge < -0.3 is 0 Å². The fraction of sp³-hybridized carbons (Fsp3) is 0.906. The van der Waals surface area contributed by atoms with Crippen LogP contribution < -0.4 is 0 Å². The highest BCUT2D eigenvalue weighted by molar-refractivity contribution is 8.06. The van der Waals surface area contributed by atoms with E-state index in [0.29, 0.717) is 0 Å². The maximum absolute atomic E-state index is 2.41. The van der Waals surface area contributed by atoms with Gasteiger partial charge in [-0.1, -0.05) is 518 Å². The molecule has 0 atom stereocenters. The van der Waals surface area contributed by atoms with Crippen LogP contribution in [0, 0.1) is 0 Å². The molecule has 0 spiro atoms. The molecule has 114 heavy (non-hydrogen) atoms. The maximum atomic E-state index is 2.41. The lowest BCUT2D eigenvalue weighted by atomic mass is 10.1. The zero-order chi connectivity index (χ0) is 81.7. The van der Waals surface area contributed by atoms with Gasteiger partial charge in [0.05, 0.1) is 0 Å². The molecule has 0 heterocycles. The van der Waals surface area contributed by atoms with Gasteiger partial charge in [-0.05, 0) is 97.4 Å². The van der Waals surface area contributed by atoms with Crippen molar-refractivity contribution in [1.82, 2.24) is 0 Å². The van der Waals surface area contributed by atoms with E-state index in [-0.39, 0.29) is 0 Å². The fourth-order valence-corrected chi connectivity index (χ4v) is 27.8. The van der Waals surface area contributed by atoms with Crippen molar-refractivity contribution in [2.45, 2.75) is 608 Å². The van der Waals surface area contributed by atoms with Crippen molar-refractivity contribution in [1.29, 1.82) is 0 Å². The summed E-state index contributed by atoms with van der Waals surface area (Å²) in [5.74, 6) is 10.2. The number of benzene rings is 2. The van der Waals surface area contributed by atoms with Crippen LogP contribution in [0.5, 0.6) is 0 Å². The van der Waals surface area contributed by atoms with Gasteiger partial charge in [0, 0.05) is 49.9 Å². The lowest BCUT2D eigenvalue weighted by Gasteiger charge is -2.28. The molecule has 0 aliphatic heterocycles. The molecule has 672 valence electrons. The van der Waals surface area contributed by atoms with E-state index in [2.05, 4.69) is 149 Å². The summed E-state index contributed by atoms with van der Waals surface area (Å²) in [6.07, 6.45) is 113. The number of unbranched alkanes of at least 4 members (excludes halogenated alkanes) is 72. The Morgan fingerprint density at radius 3 is 0.272 bits per heavy atom. The monoisotopic (exact) mass is 1730 g/mol. The van der Waals surface area contributed by atoms with E-state index >= 15 is 0 Å². The lowest BCUT2D eigenvalue weighted by molar-refractivity contribution is 0.563. The van der Waals surface area contributed by atoms with Crippen LogP contribution in [0.3, 0.4) is 0 Å². The highest BCUT2D eigenvalue weighted by Gasteiger charge is 2.31. The van der Waals surface area contributed by atoms with E-state index in [1.807, 2.05) is 0 Å². The van der Waals surface area contributed by atoms with Gasteiger partial charge in [-0.25, -0.2) is 0 Å². The summed E-state index contributed by atoms with van der Waals surface area (Å²) in [6.45, 7) is 19.0. The zero-order valence-electron chi connectivity index (χ0n) is 78.5. The molecule has 0 nitrogen and oxygen atoms in total. The number of fused-ring (bicyclic) bond motifs is 1. The van der Waals surface area contributed by atoms with E-state index in [0.717, 1.165) is 0 Å². The Morgan fingerprint density at radius 2 is 0.175 bits per heavy atom. The summed E-state index contributed by atoms with van der Waals surface area (Å²) in [5, 5.41) is 3.56. The van der Waals surface area contributed by atoms with Gasteiger partial charge in [0.2, 0.25) is 0 Å². The first kappa shape index (κ1) is 112. The predicted molar refractivity (Wildman–Crippen MR) is 544 cm³/mol. The first-order valence-electron chi connectivity index (χ1n) is 52.3. The molecule has 0 saturated heterocycles. The molecule has 0 aromatic heterocycles. The van der Waals surface area contributed by atoms with E-state index in [9.17, 15) is 0 Å². The number of rotatable bonds is 96. The Kier molecular flexibility index (Phi) is 88.8. The van der Waals surface area contributed by atoms with Crippen molar-refractivity contribution in [3.8, 4) is 0 Å². The van der Waals surface area contributed by atoms with Crippen molar-refractivity contribution in [2.75, 3.05) is 46.0 Å². The molecule has 2 aromatic carbocycles. The number of hydrogen-bond donors (Lipinski definition) is 0. The second-order valence-electron chi connectivity index (χ2n) is 35.6. The Labute approximate surface area is 752 Å². The summed E-state index contributed by atoms with van der Waals surface area (Å²) < 4.78 is 0. The van der Waals surface area contributed by atoms with Crippen molar-refractivity contribution >= 4 is 105 Å². The first-order valence-corrected chi connectivity index (χ1v) is 60.2. The van der Waals surface area contributed by atoms with Crippen LogP contribution in [0.15, 0.2) is 39.2 Å². The Balaban J connectivity index is 3.25. The van der Waals surface area contributed by atoms with E-state index in [1.54, 1.807) is 49.9 Å². The van der Waals surface area contributed by atoms with Gasteiger partial charge in [0.15, 0.2) is 0 Å². The van der Waals surface area contributed by atoms with Crippen LogP contribution in [0.4, 0.5) is 0 Å². The average Bonchev–Trinajstić information content (AvgIpc) is 0.722. The molecular formula is C106H200S8. The van der Waals surface area contributed by atoms with Crippen molar-refractivity contribution < 1.29 is 0 Å². The van der Waals surface area contributed by atoms with Gasteiger partial charge in [0.25, 0.3) is 0 Å². The molecule has 2 rings (SSSR count). The molecule has 0 bridgehead atoms. The van der Waals surface area contributed by atoms with Gasteiger partial charge in [-0.15, -0.1) is 94.1 Å². The van der Waals surface area contributed by atoms with Crippen LogP contribution >= 0.6 is 94.1 Å². The molecule has 0 aliphatic rings. The second kappa shape index (κ2) is 90.7. The minimum absolute atomic E-state index is 1.27. The molecule has 0 unspecified atom stereocenters. The Bertz CT molecular complexity index is 1960. The van der Waals surface area contributed by atoms with E-state index in [4.69, 9.17) is 0 Å². The van der Waals surface area contributed by atoms with Gasteiger partial charge >= 0.3 is 0 Å². The van der Waals surface area contributed by atoms with Crippen molar-refractivity contribution in [3.63, 3.8) is 0 Å². The van der Waals surface area contributed by atoms with E-state index in [1.165, 1.54) is 560 Å². The predicted octanol–water partition coefficient (Wildman–Crippen LogP) is 42.9. The minimum Gasteiger partial charge on any atom is -0.124 e. The van der Waals surface area contributed by atoms with Crippen LogP contribution in [0.1, 0.15) is 569 Å². The second-order valence-corrected chi connectivity index (χ2v) is 44.5. The summed E-state index contributed by atoms with van der Waals surface area (Å²) in [7, 11) is 0. The van der Waals surface area contributed by atoms with Gasteiger partial charge in [-0.2, -0.15) is 0 Å². The number of thioether (sulfide) groups is 8. The van der Waals surface area contributed by atoms with Crippen LogP contribution in [-0.2, 0) is 0 Å². The highest BCUT2D eigenvalue weighted by Crippen LogP contribution is 2.59. The third-order valence-corrected chi connectivity index (χ3v) is 34.6. The smallest absolute Gasteiger partial charge is 0.0362 e. The molecule has 0 radical (unpaired) electrons. The quantitative estimate of drug-likeness (QED) is 0.0469. The molecule has 0 aliphatic carbocycles. The highest BCUT2D eigenvalue weighted by atomic mass is 32.2. The van der Waals surface area contributed by atoms with Crippen LogP contribution in [0.2, 0.25) is 0 Å². The molecule has 0 saturated carbocycles. The largest absolute Gasteiger partial charge is 0.124 e. The van der Waals surface area contributed by atoms with Gasteiger partial charge in [0.1, 0.15) is 0 Å². The molecule has 2 aromatic rings.